The Balaban J connectivity index is 1.92. The molecule has 2 unspecified atom stereocenters. The zero-order valence-corrected chi connectivity index (χ0v) is 15.0. The Morgan fingerprint density at radius 3 is 2.59 bits per heavy atom. The molecule has 2 atom stereocenters. The predicted molar refractivity (Wildman–Crippen MR) is 97.7 cm³/mol. The number of carbonyl (C=O) groups is 2. The molecule has 9 heteroatoms. The standard InChI is InChI=1S/C18H18N4O5/c1-10-4-6-13(7-5-10)19-17(23)11(2)21-16-14(27-12(3)18(21)24)8-9-15(20-16)22(25)26/h4-9,11-12H,1-3H3,(H,19,23). The lowest BCUT2D eigenvalue weighted by atomic mass is 10.1. The normalized spacial score (nSPS) is 16.9. The summed E-state index contributed by atoms with van der Waals surface area (Å²) >= 11 is 0. The Kier molecular flexibility index (Phi) is 4.76. The van der Waals surface area contributed by atoms with Gasteiger partial charge >= 0.3 is 5.82 Å². The van der Waals surface area contributed by atoms with Crippen molar-refractivity contribution in [3.05, 3.63) is 52.1 Å². The van der Waals surface area contributed by atoms with Gasteiger partial charge in [-0.05, 0) is 48.9 Å². The fourth-order valence-corrected chi connectivity index (χ4v) is 2.71. The van der Waals surface area contributed by atoms with Crippen LogP contribution in [0.25, 0.3) is 0 Å². The van der Waals surface area contributed by atoms with Crippen molar-refractivity contribution in [3.63, 3.8) is 0 Å². The van der Waals surface area contributed by atoms with E-state index in [0.29, 0.717) is 5.69 Å². The van der Waals surface area contributed by atoms with Crippen molar-refractivity contribution in [3.8, 4) is 5.75 Å². The van der Waals surface area contributed by atoms with Crippen LogP contribution in [0, 0.1) is 17.0 Å². The molecule has 1 aliphatic rings. The first-order valence-electron chi connectivity index (χ1n) is 8.30. The van der Waals surface area contributed by atoms with Crippen molar-refractivity contribution < 1.29 is 19.2 Å². The van der Waals surface area contributed by atoms with Crippen LogP contribution in [-0.2, 0) is 9.59 Å². The van der Waals surface area contributed by atoms with Crippen molar-refractivity contribution in [2.45, 2.75) is 32.9 Å². The fourth-order valence-electron chi connectivity index (χ4n) is 2.71. The van der Waals surface area contributed by atoms with E-state index in [4.69, 9.17) is 4.74 Å². The highest BCUT2D eigenvalue weighted by atomic mass is 16.6. The monoisotopic (exact) mass is 370 g/mol. The number of benzene rings is 1. The first kappa shape index (κ1) is 18.3. The zero-order valence-electron chi connectivity index (χ0n) is 15.0. The Bertz CT molecular complexity index is 912. The average Bonchev–Trinajstić information content (AvgIpc) is 2.63. The van der Waals surface area contributed by atoms with Crippen LogP contribution in [0.4, 0.5) is 17.3 Å². The van der Waals surface area contributed by atoms with Crippen LogP contribution < -0.4 is 15.0 Å². The van der Waals surface area contributed by atoms with Gasteiger partial charge in [0.2, 0.25) is 5.91 Å². The van der Waals surface area contributed by atoms with Gasteiger partial charge in [0.25, 0.3) is 11.7 Å². The molecule has 9 nitrogen and oxygen atoms in total. The number of nitrogens with zero attached hydrogens (tertiary/aromatic N) is 3. The minimum absolute atomic E-state index is 0.0427. The molecule has 0 aliphatic carbocycles. The van der Waals surface area contributed by atoms with E-state index in [1.165, 1.54) is 19.1 Å². The van der Waals surface area contributed by atoms with Crippen LogP contribution >= 0.6 is 0 Å². The van der Waals surface area contributed by atoms with Gasteiger partial charge < -0.3 is 20.2 Å². The molecule has 0 saturated heterocycles. The highest BCUT2D eigenvalue weighted by molar-refractivity contribution is 6.07. The molecule has 0 fully saturated rings. The van der Waals surface area contributed by atoms with Crippen molar-refractivity contribution in [2.75, 3.05) is 10.2 Å². The van der Waals surface area contributed by atoms with Crippen LogP contribution in [0.2, 0.25) is 0 Å². The summed E-state index contributed by atoms with van der Waals surface area (Å²) in [6.45, 7) is 5.01. The van der Waals surface area contributed by atoms with E-state index >= 15 is 0 Å². The van der Waals surface area contributed by atoms with Gasteiger partial charge in [-0.3, -0.25) is 14.5 Å². The van der Waals surface area contributed by atoms with E-state index < -0.39 is 34.7 Å². The second-order valence-corrected chi connectivity index (χ2v) is 6.25. The Hall–Kier alpha value is -3.49. The van der Waals surface area contributed by atoms with Crippen LogP contribution in [0.15, 0.2) is 36.4 Å². The maximum absolute atomic E-state index is 12.7. The number of aromatic nitrogens is 1. The third-order valence-corrected chi connectivity index (χ3v) is 4.21. The van der Waals surface area contributed by atoms with Gasteiger partial charge in [-0.15, -0.1) is 0 Å². The van der Waals surface area contributed by atoms with Gasteiger partial charge in [-0.2, -0.15) is 0 Å². The summed E-state index contributed by atoms with van der Waals surface area (Å²) in [5.74, 6) is -1.21. The lowest BCUT2D eigenvalue weighted by molar-refractivity contribution is -0.389. The molecular formula is C18H18N4O5. The SMILES string of the molecule is Cc1ccc(NC(=O)C(C)N2C(=O)C(C)Oc3ccc([N+](=O)[O-])nc32)cc1. The summed E-state index contributed by atoms with van der Waals surface area (Å²) in [6, 6.07) is 8.82. The minimum atomic E-state index is -0.946. The summed E-state index contributed by atoms with van der Waals surface area (Å²) in [5.41, 5.74) is 1.63. The molecule has 1 N–H and O–H groups in total. The van der Waals surface area contributed by atoms with Crippen molar-refractivity contribution in [2.24, 2.45) is 0 Å². The number of fused-ring (bicyclic) bond motifs is 1. The summed E-state index contributed by atoms with van der Waals surface area (Å²) < 4.78 is 5.46. The summed E-state index contributed by atoms with van der Waals surface area (Å²) in [5, 5.41) is 13.8. The number of pyridine rings is 1. The van der Waals surface area contributed by atoms with E-state index in [2.05, 4.69) is 10.3 Å². The quantitative estimate of drug-likeness (QED) is 0.653. The molecule has 27 heavy (non-hydrogen) atoms. The molecule has 1 aromatic carbocycles. The molecule has 1 aromatic heterocycles. The summed E-state index contributed by atoms with van der Waals surface area (Å²) in [4.78, 5) is 40.7. The van der Waals surface area contributed by atoms with Gasteiger partial charge in [0.1, 0.15) is 6.04 Å². The van der Waals surface area contributed by atoms with Gasteiger partial charge in [0, 0.05) is 11.8 Å². The zero-order chi connectivity index (χ0) is 19.7. The minimum Gasteiger partial charge on any atom is -0.475 e. The maximum atomic E-state index is 12.7. The smallest absolute Gasteiger partial charge is 0.366 e. The van der Waals surface area contributed by atoms with Crippen LogP contribution in [-0.4, -0.2) is 33.9 Å². The molecular weight excluding hydrogens is 352 g/mol. The fraction of sp³-hybridized carbons (Fsp3) is 0.278. The third-order valence-electron chi connectivity index (χ3n) is 4.21. The molecule has 0 bridgehead atoms. The average molecular weight is 370 g/mol. The Morgan fingerprint density at radius 2 is 1.96 bits per heavy atom. The molecule has 2 amide bonds. The van der Waals surface area contributed by atoms with Crippen LogP contribution in [0.5, 0.6) is 5.75 Å². The van der Waals surface area contributed by atoms with Gasteiger partial charge in [0.15, 0.2) is 11.9 Å². The molecule has 0 spiro atoms. The largest absolute Gasteiger partial charge is 0.475 e. The van der Waals surface area contributed by atoms with Gasteiger partial charge in [-0.1, -0.05) is 17.7 Å². The number of hydrogen-bond acceptors (Lipinski definition) is 6. The first-order valence-corrected chi connectivity index (χ1v) is 8.30. The number of amides is 2. The van der Waals surface area contributed by atoms with E-state index in [0.717, 1.165) is 10.5 Å². The molecule has 2 heterocycles. The maximum Gasteiger partial charge on any atom is 0.366 e. The van der Waals surface area contributed by atoms with Crippen molar-refractivity contribution >= 4 is 29.1 Å². The van der Waals surface area contributed by atoms with Gasteiger partial charge in [0.05, 0.1) is 0 Å². The topological polar surface area (TPSA) is 115 Å². The lowest BCUT2D eigenvalue weighted by Crippen LogP contribution is -2.53. The number of anilines is 2. The number of rotatable bonds is 4. The van der Waals surface area contributed by atoms with Crippen molar-refractivity contribution in [1.29, 1.82) is 0 Å². The van der Waals surface area contributed by atoms with E-state index in [1.807, 2.05) is 19.1 Å². The molecule has 1 aliphatic heterocycles. The van der Waals surface area contributed by atoms with E-state index in [1.54, 1.807) is 19.1 Å². The third kappa shape index (κ3) is 3.57. The first-order chi connectivity index (χ1) is 12.8. The van der Waals surface area contributed by atoms with E-state index in [-0.39, 0.29) is 11.6 Å². The number of hydrogen-bond donors (Lipinski definition) is 1. The highest BCUT2D eigenvalue weighted by Gasteiger charge is 2.41. The second kappa shape index (κ2) is 7.02. The highest BCUT2D eigenvalue weighted by Crippen LogP contribution is 2.35. The van der Waals surface area contributed by atoms with Crippen LogP contribution in [0.3, 0.4) is 0 Å². The molecule has 0 saturated carbocycles. The Labute approximate surface area is 155 Å². The molecule has 3 rings (SSSR count). The molecule has 140 valence electrons. The van der Waals surface area contributed by atoms with Crippen molar-refractivity contribution in [1.82, 2.24) is 4.98 Å². The number of carbonyl (C=O) groups excluding carboxylic acids is 2. The second-order valence-electron chi connectivity index (χ2n) is 6.25. The number of ether oxygens (including phenoxy) is 1. The lowest BCUT2D eigenvalue weighted by Gasteiger charge is -2.32. The predicted octanol–water partition coefficient (Wildman–Crippen LogP) is 2.44. The number of nitro groups is 1. The van der Waals surface area contributed by atoms with Crippen LogP contribution in [0.1, 0.15) is 19.4 Å². The summed E-state index contributed by atoms with van der Waals surface area (Å²) in [7, 11) is 0. The van der Waals surface area contributed by atoms with E-state index in [9.17, 15) is 19.7 Å². The molecule has 2 aromatic rings. The Morgan fingerprint density at radius 1 is 1.30 bits per heavy atom. The molecule has 0 radical (unpaired) electrons. The van der Waals surface area contributed by atoms with Gasteiger partial charge in [-0.25, -0.2) is 0 Å². The number of nitrogens with one attached hydrogen (secondary N) is 1. The number of aryl methyl sites for hydroxylation is 1. The summed E-state index contributed by atoms with van der Waals surface area (Å²) in [6.07, 6.45) is -0.838.